The first-order valence-electron chi connectivity index (χ1n) is 7.89. The van der Waals surface area contributed by atoms with E-state index >= 15 is 0 Å². The van der Waals surface area contributed by atoms with Gasteiger partial charge in [0.25, 0.3) is 0 Å². The second kappa shape index (κ2) is 8.88. The van der Waals surface area contributed by atoms with Crippen LogP contribution in [-0.2, 0) is 9.59 Å². The molecule has 0 aliphatic carbocycles. The summed E-state index contributed by atoms with van der Waals surface area (Å²) in [4.78, 5) is 25.7. The third-order valence-electron chi connectivity index (χ3n) is 3.85. The molecule has 2 aromatic carbocycles. The highest BCUT2D eigenvalue weighted by atomic mass is 35.5. The molecular weight excluding hydrogens is 383 g/mol. The number of halogens is 4. The van der Waals surface area contributed by atoms with Crippen molar-refractivity contribution in [3.05, 3.63) is 58.9 Å². The van der Waals surface area contributed by atoms with Gasteiger partial charge in [0.1, 0.15) is 0 Å². The van der Waals surface area contributed by atoms with Crippen LogP contribution in [-0.4, -0.2) is 36.3 Å². The maximum atomic E-state index is 13.6. The minimum absolute atomic E-state index is 0.270. The monoisotopic (exact) mass is 399 g/mol. The molecule has 0 saturated heterocycles. The normalized spacial score (nSPS) is 12.0. The van der Waals surface area contributed by atoms with Gasteiger partial charge in [-0.05, 0) is 50.4 Å². The molecule has 0 aliphatic rings. The van der Waals surface area contributed by atoms with Crippen LogP contribution in [0.15, 0.2) is 36.4 Å². The molecule has 0 radical (unpaired) electrons. The number of nitrogens with zero attached hydrogens (tertiary/aromatic N) is 1. The van der Waals surface area contributed by atoms with Crippen molar-refractivity contribution in [3.63, 3.8) is 0 Å². The van der Waals surface area contributed by atoms with E-state index < -0.39 is 35.1 Å². The van der Waals surface area contributed by atoms with Crippen LogP contribution in [0.3, 0.4) is 0 Å². The Labute approximate surface area is 159 Å². The lowest BCUT2D eigenvalue weighted by atomic mass is 10.2. The van der Waals surface area contributed by atoms with Crippen LogP contribution < -0.4 is 10.6 Å². The summed E-state index contributed by atoms with van der Waals surface area (Å²) in [6.45, 7) is 1.31. The highest BCUT2D eigenvalue weighted by Gasteiger charge is 2.21. The quantitative estimate of drug-likeness (QED) is 0.729. The van der Waals surface area contributed by atoms with E-state index in [-0.39, 0.29) is 12.5 Å². The Morgan fingerprint density at radius 3 is 2.30 bits per heavy atom. The number of likely N-dealkylation sites (N-methyl/N-ethyl adjacent to an activating group) is 1. The summed E-state index contributed by atoms with van der Waals surface area (Å²) in [6, 6.07) is 7.44. The molecule has 0 unspecified atom stereocenters. The highest BCUT2D eigenvalue weighted by Crippen LogP contribution is 2.19. The molecule has 0 aromatic heterocycles. The fraction of sp³-hybridized carbons (Fsp3) is 0.222. The van der Waals surface area contributed by atoms with E-state index in [0.29, 0.717) is 16.8 Å². The Bertz CT molecular complexity index is 846. The van der Waals surface area contributed by atoms with Crippen molar-refractivity contribution >= 4 is 34.8 Å². The number of anilines is 2. The fourth-order valence-corrected chi connectivity index (χ4v) is 2.28. The molecule has 0 fully saturated rings. The van der Waals surface area contributed by atoms with Crippen LogP contribution in [0.5, 0.6) is 0 Å². The first kappa shape index (κ1) is 20.7. The number of hydrogen-bond acceptors (Lipinski definition) is 3. The Kier molecular flexibility index (Phi) is 6.81. The maximum Gasteiger partial charge on any atom is 0.241 e. The van der Waals surface area contributed by atoms with Gasteiger partial charge in [0.15, 0.2) is 17.5 Å². The van der Waals surface area contributed by atoms with Gasteiger partial charge < -0.3 is 10.6 Å². The Hall–Kier alpha value is -2.58. The van der Waals surface area contributed by atoms with Crippen molar-refractivity contribution in [1.29, 1.82) is 0 Å². The number of benzene rings is 2. The van der Waals surface area contributed by atoms with Crippen LogP contribution in [0.4, 0.5) is 24.5 Å². The van der Waals surface area contributed by atoms with Gasteiger partial charge in [0, 0.05) is 10.7 Å². The molecule has 5 nitrogen and oxygen atoms in total. The molecule has 2 N–H and O–H groups in total. The summed E-state index contributed by atoms with van der Waals surface area (Å²) in [5.41, 5.74) is 0.0588. The summed E-state index contributed by atoms with van der Waals surface area (Å²) < 4.78 is 39.7. The first-order chi connectivity index (χ1) is 12.7. The number of nitrogens with one attached hydrogen (secondary N) is 2. The Morgan fingerprint density at radius 2 is 1.67 bits per heavy atom. The van der Waals surface area contributed by atoms with Gasteiger partial charge in [0.05, 0.1) is 18.3 Å². The average Bonchev–Trinajstić information content (AvgIpc) is 2.63. The van der Waals surface area contributed by atoms with Gasteiger partial charge in [-0.2, -0.15) is 0 Å². The summed E-state index contributed by atoms with van der Waals surface area (Å²) in [6.07, 6.45) is 0. The van der Waals surface area contributed by atoms with Gasteiger partial charge in [0.2, 0.25) is 11.8 Å². The second-order valence-electron chi connectivity index (χ2n) is 5.86. The van der Waals surface area contributed by atoms with Gasteiger partial charge in [-0.3, -0.25) is 14.5 Å². The SMILES string of the molecule is C[C@@H](C(=O)Nc1ccc(Cl)cc1)N(C)CC(=O)Nc1ccc(F)c(F)c1F. The molecule has 0 aliphatic heterocycles. The number of rotatable bonds is 6. The third kappa shape index (κ3) is 5.45. The molecule has 1 atom stereocenters. The topological polar surface area (TPSA) is 61.4 Å². The highest BCUT2D eigenvalue weighted by molar-refractivity contribution is 6.30. The van der Waals surface area contributed by atoms with Crippen LogP contribution in [0.1, 0.15) is 6.92 Å². The van der Waals surface area contributed by atoms with Crippen molar-refractivity contribution in [2.24, 2.45) is 0 Å². The largest absolute Gasteiger partial charge is 0.325 e. The van der Waals surface area contributed by atoms with Crippen molar-refractivity contribution in [3.8, 4) is 0 Å². The molecule has 0 saturated carbocycles. The lowest BCUT2D eigenvalue weighted by Crippen LogP contribution is -2.43. The van der Waals surface area contributed by atoms with Gasteiger partial charge in [-0.25, -0.2) is 13.2 Å². The zero-order valence-electron chi connectivity index (χ0n) is 14.5. The number of carbonyl (C=O) groups excluding carboxylic acids is 2. The van der Waals surface area contributed by atoms with E-state index in [4.69, 9.17) is 11.6 Å². The van der Waals surface area contributed by atoms with E-state index in [1.165, 1.54) is 11.9 Å². The molecule has 2 amide bonds. The third-order valence-corrected chi connectivity index (χ3v) is 4.11. The average molecular weight is 400 g/mol. The maximum absolute atomic E-state index is 13.6. The van der Waals surface area contributed by atoms with Crippen LogP contribution in [0.2, 0.25) is 5.02 Å². The minimum atomic E-state index is -1.67. The number of hydrogen-bond donors (Lipinski definition) is 2. The van der Waals surface area contributed by atoms with E-state index in [2.05, 4.69) is 10.6 Å². The number of amides is 2. The molecule has 0 bridgehead atoms. The molecule has 0 heterocycles. The minimum Gasteiger partial charge on any atom is -0.325 e. The van der Waals surface area contributed by atoms with Crippen molar-refractivity contribution < 1.29 is 22.8 Å². The second-order valence-corrected chi connectivity index (χ2v) is 6.29. The van der Waals surface area contributed by atoms with E-state index in [9.17, 15) is 22.8 Å². The molecule has 144 valence electrons. The van der Waals surface area contributed by atoms with E-state index in [1.807, 2.05) is 0 Å². The Balaban J connectivity index is 1.94. The molecule has 2 rings (SSSR count). The van der Waals surface area contributed by atoms with Crippen LogP contribution in [0, 0.1) is 17.5 Å². The molecule has 2 aromatic rings. The molecular formula is C18H17ClF3N3O2. The smallest absolute Gasteiger partial charge is 0.241 e. The lowest BCUT2D eigenvalue weighted by molar-refractivity contribution is -0.122. The molecule has 0 spiro atoms. The van der Waals surface area contributed by atoms with Crippen molar-refractivity contribution in [2.45, 2.75) is 13.0 Å². The van der Waals surface area contributed by atoms with Crippen LogP contribution in [0.25, 0.3) is 0 Å². The van der Waals surface area contributed by atoms with Gasteiger partial charge in [-0.15, -0.1) is 0 Å². The van der Waals surface area contributed by atoms with Gasteiger partial charge >= 0.3 is 0 Å². The standard InChI is InChI=1S/C18H17ClF3N3O2/c1-10(18(27)23-12-5-3-11(19)4-6-12)25(2)9-15(26)24-14-8-7-13(20)16(21)17(14)22/h3-8,10H,9H2,1-2H3,(H,23,27)(H,24,26)/t10-/m0/s1. The first-order valence-corrected chi connectivity index (χ1v) is 8.27. The summed E-state index contributed by atoms with van der Waals surface area (Å²) in [5.74, 6) is -5.56. The zero-order chi connectivity index (χ0) is 20.1. The predicted molar refractivity (Wildman–Crippen MR) is 97.1 cm³/mol. The molecule has 9 heteroatoms. The fourth-order valence-electron chi connectivity index (χ4n) is 2.16. The van der Waals surface area contributed by atoms with E-state index in [1.54, 1.807) is 31.2 Å². The van der Waals surface area contributed by atoms with Crippen LogP contribution >= 0.6 is 11.6 Å². The van der Waals surface area contributed by atoms with Crippen molar-refractivity contribution in [2.75, 3.05) is 24.2 Å². The Morgan fingerprint density at radius 1 is 1.04 bits per heavy atom. The molecule has 27 heavy (non-hydrogen) atoms. The summed E-state index contributed by atoms with van der Waals surface area (Å²) in [7, 11) is 1.52. The van der Waals surface area contributed by atoms with Gasteiger partial charge in [-0.1, -0.05) is 11.6 Å². The van der Waals surface area contributed by atoms with E-state index in [0.717, 1.165) is 6.07 Å². The summed E-state index contributed by atoms with van der Waals surface area (Å²) >= 11 is 5.78. The van der Waals surface area contributed by atoms with Crippen molar-refractivity contribution in [1.82, 2.24) is 4.90 Å². The zero-order valence-corrected chi connectivity index (χ0v) is 15.3. The number of carbonyl (C=O) groups is 2. The summed E-state index contributed by atoms with van der Waals surface area (Å²) in [5, 5.41) is 5.35. The predicted octanol–water partition coefficient (Wildman–Crippen LogP) is 3.65. The lowest BCUT2D eigenvalue weighted by Gasteiger charge is -2.23.